The number of halogens is 6. The Morgan fingerprint density at radius 3 is 2.17 bits per heavy atom. The van der Waals surface area contributed by atoms with E-state index in [9.17, 15) is 26.3 Å². The molecule has 0 bridgehead atoms. The number of alkyl halides is 6. The van der Waals surface area contributed by atoms with E-state index in [1.807, 2.05) is 0 Å². The molecule has 0 saturated carbocycles. The fourth-order valence-electron chi connectivity index (χ4n) is 1.11. The number of ether oxygens (including phenoxy) is 1. The van der Waals surface area contributed by atoms with Gasteiger partial charge >= 0.3 is 12.4 Å². The Morgan fingerprint density at radius 2 is 1.72 bits per heavy atom. The molecule has 0 aliphatic heterocycles. The number of rotatable bonds is 2. The van der Waals surface area contributed by atoms with Gasteiger partial charge in [0.2, 0.25) is 0 Å². The molecule has 0 aliphatic carbocycles. The summed E-state index contributed by atoms with van der Waals surface area (Å²) in [6.45, 7) is -1.83. The first-order chi connectivity index (χ1) is 8.13. The highest BCUT2D eigenvalue weighted by Crippen LogP contribution is 2.37. The van der Waals surface area contributed by atoms with Crippen molar-refractivity contribution >= 4 is 0 Å². The molecule has 0 amide bonds. The SMILES string of the molecule is N#Cc1ccc(OCC(F)(F)F)c(C(F)(F)F)c1. The molecule has 0 atom stereocenters. The summed E-state index contributed by atoms with van der Waals surface area (Å²) >= 11 is 0. The molecule has 1 aromatic rings. The van der Waals surface area contributed by atoms with Gasteiger partial charge in [-0.05, 0) is 18.2 Å². The van der Waals surface area contributed by atoms with Gasteiger partial charge in [0.15, 0.2) is 6.61 Å². The summed E-state index contributed by atoms with van der Waals surface area (Å²) in [6.07, 6.45) is -9.63. The summed E-state index contributed by atoms with van der Waals surface area (Å²) < 4.78 is 77.2. The highest BCUT2D eigenvalue weighted by Gasteiger charge is 2.36. The molecule has 0 aliphatic rings. The minimum Gasteiger partial charge on any atom is -0.483 e. The summed E-state index contributed by atoms with van der Waals surface area (Å²) in [4.78, 5) is 0. The number of hydrogen-bond acceptors (Lipinski definition) is 2. The molecule has 98 valence electrons. The summed E-state index contributed by atoms with van der Waals surface area (Å²) in [5, 5.41) is 8.44. The van der Waals surface area contributed by atoms with E-state index in [0.717, 1.165) is 6.07 Å². The number of benzene rings is 1. The van der Waals surface area contributed by atoms with Crippen LogP contribution in [0.25, 0.3) is 0 Å². The van der Waals surface area contributed by atoms with E-state index in [4.69, 9.17) is 5.26 Å². The van der Waals surface area contributed by atoms with Crippen molar-refractivity contribution in [3.05, 3.63) is 29.3 Å². The lowest BCUT2D eigenvalue weighted by molar-refractivity contribution is -0.158. The Kier molecular flexibility index (Phi) is 3.74. The van der Waals surface area contributed by atoms with Crippen molar-refractivity contribution < 1.29 is 31.1 Å². The van der Waals surface area contributed by atoms with E-state index in [0.29, 0.717) is 12.1 Å². The Hall–Kier alpha value is -1.91. The van der Waals surface area contributed by atoms with Gasteiger partial charge in [-0.1, -0.05) is 0 Å². The number of nitrogens with zero attached hydrogens (tertiary/aromatic N) is 1. The average molecular weight is 269 g/mol. The second-order valence-corrected chi connectivity index (χ2v) is 3.22. The minimum atomic E-state index is -4.90. The highest BCUT2D eigenvalue weighted by molar-refractivity contribution is 5.43. The summed E-state index contributed by atoms with van der Waals surface area (Å²) in [6, 6.07) is 3.53. The molecule has 1 rings (SSSR count). The van der Waals surface area contributed by atoms with Gasteiger partial charge < -0.3 is 4.74 Å². The van der Waals surface area contributed by atoms with Crippen LogP contribution >= 0.6 is 0 Å². The van der Waals surface area contributed by atoms with E-state index in [2.05, 4.69) is 4.74 Å². The third-order valence-corrected chi connectivity index (χ3v) is 1.81. The lowest BCUT2D eigenvalue weighted by Crippen LogP contribution is -2.20. The van der Waals surface area contributed by atoms with Crippen LogP contribution in [-0.4, -0.2) is 12.8 Å². The molecule has 0 heterocycles. The minimum absolute atomic E-state index is 0.318. The number of nitriles is 1. The molecule has 8 heteroatoms. The first-order valence-corrected chi connectivity index (χ1v) is 4.44. The molecular weight excluding hydrogens is 264 g/mol. The van der Waals surface area contributed by atoms with Crippen LogP contribution in [0.5, 0.6) is 5.75 Å². The van der Waals surface area contributed by atoms with Crippen LogP contribution in [-0.2, 0) is 6.18 Å². The van der Waals surface area contributed by atoms with Gasteiger partial charge in [-0.3, -0.25) is 0 Å². The normalized spacial score (nSPS) is 12.1. The summed E-state index contributed by atoms with van der Waals surface area (Å²) in [5.41, 5.74) is -1.73. The zero-order valence-electron chi connectivity index (χ0n) is 8.56. The standard InChI is InChI=1S/C10H5F6NO/c11-9(12,13)5-18-8-2-1-6(4-17)3-7(8)10(14,15)16/h1-3H,5H2. The van der Waals surface area contributed by atoms with Gasteiger partial charge in [0.1, 0.15) is 5.75 Å². The van der Waals surface area contributed by atoms with Gasteiger partial charge in [-0.25, -0.2) is 0 Å². The van der Waals surface area contributed by atoms with Crippen molar-refractivity contribution in [2.75, 3.05) is 6.61 Å². The molecule has 0 N–H and O–H groups in total. The second-order valence-electron chi connectivity index (χ2n) is 3.22. The van der Waals surface area contributed by atoms with Gasteiger partial charge in [0.05, 0.1) is 17.2 Å². The van der Waals surface area contributed by atoms with Crippen LogP contribution in [0.3, 0.4) is 0 Å². The third-order valence-electron chi connectivity index (χ3n) is 1.81. The highest BCUT2D eigenvalue weighted by atomic mass is 19.4. The smallest absolute Gasteiger partial charge is 0.422 e. The Balaban J connectivity index is 3.08. The van der Waals surface area contributed by atoms with Crippen molar-refractivity contribution in [2.45, 2.75) is 12.4 Å². The molecule has 1 aromatic carbocycles. The first kappa shape index (κ1) is 14.2. The van der Waals surface area contributed by atoms with Gasteiger partial charge in [-0.15, -0.1) is 0 Å². The van der Waals surface area contributed by atoms with Gasteiger partial charge in [0, 0.05) is 0 Å². The molecule has 18 heavy (non-hydrogen) atoms. The van der Waals surface area contributed by atoms with Crippen molar-refractivity contribution in [2.24, 2.45) is 0 Å². The molecule has 0 saturated heterocycles. The fraction of sp³-hybridized carbons (Fsp3) is 0.300. The quantitative estimate of drug-likeness (QED) is 0.769. The molecule has 0 fully saturated rings. The van der Waals surface area contributed by atoms with E-state index in [-0.39, 0.29) is 5.56 Å². The Morgan fingerprint density at radius 1 is 1.11 bits per heavy atom. The monoisotopic (exact) mass is 269 g/mol. The lowest BCUT2D eigenvalue weighted by Gasteiger charge is -2.15. The first-order valence-electron chi connectivity index (χ1n) is 4.44. The van der Waals surface area contributed by atoms with Crippen LogP contribution in [0.2, 0.25) is 0 Å². The largest absolute Gasteiger partial charge is 0.483 e. The van der Waals surface area contributed by atoms with Crippen LogP contribution < -0.4 is 4.74 Å². The third kappa shape index (κ3) is 3.84. The molecular formula is C10H5F6NO. The molecule has 0 radical (unpaired) electrons. The molecule has 0 aromatic heterocycles. The zero-order chi connectivity index (χ0) is 14.0. The Labute approximate surface area is 97.4 Å². The van der Waals surface area contributed by atoms with Crippen LogP contribution in [0, 0.1) is 11.3 Å². The van der Waals surface area contributed by atoms with Crippen molar-refractivity contribution in [3.63, 3.8) is 0 Å². The average Bonchev–Trinajstić information content (AvgIpc) is 2.24. The topological polar surface area (TPSA) is 33.0 Å². The maximum Gasteiger partial charge on any atom is 0.422 e. The molecule has 2 nitrogen and oxygen atoms in total. The van der Waals surface area contributed by atoms with E-state index >= 15 is 0 Å². The van der Waals surface area contributed by atoms with E-state index in [1.54, 1.807) is 0 Å². The fourth-order valence-corrected chi connectivity index (χ4v) is 1.11. The van der Waals surface area contributed by atoms with Gasteiger partial charge in [0.25, 0.3) is 0 Å². The van der Waals surface area contributed by atoms with E-state index < -0.39 is 30.3 Å². The zero-order valence-corrected chi connectivity index (χ0v) is 8.56. The lowest BCUT2D eigenvalue weighted by atomic mass is 10.1. The van der Waals surface area contributed by atoms with Crippen molar-refractivity contribution in [1.82, 2.24) is 0 Å². The van der Waals surface area contributed by atoms with Crippen molar-refractivity contribution in [3.8, 4) is 11.8 Å². The predicted molar refractivity (Wildman–Crippen MR) is 47.7 cm³/mol. The van der Waals surface area contributed by atoms with Crippen LogP contribution in [0.15, 0.2) is 18.2 Å². The van der Waals surface area contributed by atoms with E-state index in [1.165, 1.54) is 6.07 Å². The molecule has 0 unspecified atom stereocenters. The van der Waals surface area contributed by atoms with Gasteiger partial charge in [-0.2, -0.15) is 31.6 Å². The number of hydrogen-bond donors (Lipinski definition) is 0. The predicted octanol–water partition coefficient (Wildman–Crippen LogP) is 3.52. The second kappa shape index (κ2) is 4.76. The molecule has 0 spiro atoms. The summed E-state index contributed by atoms with van der Waals surface area (Å²) in [5.74, 6) is -0.959. The van der Waals surface area contributed by atoms with Crippen LogP contribution in [0.1, 0.15) is 11.1 Å². The summed E-state index contributed by atoms with van der Waals surface area (Å²) in [7, 11) is 0. The maximum atomic E-state index is 12.5. The van der Waals surface area contributed by atoms with Crippen LogP contribution in [0.4, 0.5) is 26.3 Å². The maximum absolute atomic E-state index is 12.5. The van der Waals surface area contributed by atoms with Crippen molar-refractivity contribution in [1.29, 1.82) is 5.26 Å². The Bertz CT molecular complexity index is 471.